The highest BCUT2D eigenvalue weighted by Gasteiger charge is 2.30. The van der Waals surface area contributed by atoms with Crippen molar-refractivity contribution in [3.8, 4) is 0 Å². The molecule has 0 unspecified atom stereocenters. The minimum atomic E-state index is -4.57. The van der Waals surface area contributed by atoms with Crippen LogP contribution >= 0.6 is 0 Å². The summed E-state index contributed by atoms with van der Waals surface area (Å²) < 4.78 is 70.0. The molecule has 0 radical (unpaired) electrons. The van der Waals surface area contributed by atoms with Crippen LogP contribution in [0.2, 0.25) is 0 Å². The molecule has 0 saturated heterocycles. The maximum Gasteiger partial charge on any atom is 0.416 e. The van der Waals surface area contributed by atoms with Gasteiger partial charge < -0.3 is 4.74 Å². The molecule has 0 aliphatic carbocycles. The molecule has 6 nitrogen and oxygen atoms in total. The Morgan fingerprint density at radius 1 is 1.04 bits per heavy atom. The number of methoxy groups -OCH3 is 1. The van der Waals surface area contributed by atoms with Crippen LogP contribution in [0.25, 0.3) is 10.9 Å². The summed E-state index contributed by atoms with van der Waals surface area (Å²) in [7, 11) is -2.99. The highest BCUT2D eigenvalue weighted by atomic mass is 32.2. The number of pyridine rings is 1. The van der Waals surface area contributed by atoms with Crippen molar-refractivity contribution in [3.05, 3.63) is 65.9 Å². The number of aromatic nitrogens is 1. The number of halogens is 3. The van der Waals surface area contributed by atoms with E-state index in [1.807, 2.05) is 0 Å². The molecule has 0 aliphatic rings. The minimum absolute atomic E-state index is 0.0174. The van der Waals surface area contributed by atoms with E-state index in [-0.39, 0.29) is 21.8 Å². The average molecular weight is 410 g/mol. The summed E-state index contributed by atoms with van der Waals surface area (Å²) >= 11 is 0. The number of carbonyl (C=O) groups is 1. The van der Waals surface area contributed by atoms with E-state index in [0.29, 0.717) is 17.5 Å². The second kappa shape index (κ2) is 7.12. The van der Waals surface area contributed by atoms with E-state index in [9.17, 15) is 26.4 Å². The summed E-state index contributed by atoms with van der Waals surface area (Å²) in [4.78, 5) is 15.4. The van der Waals surface area contributed by atoms with Gasteiger partial charge in [0, 0.05) is 5.39 Å². The summed E-state index contributed by atoms with van der Waals surface area (Å²) in [6.07, 6.45) is -4.57. The van der Waals surface area contributed by atoms with Gasteiger partial charge in [0.25, 0.3) is 10.0 Å². The number of anilines is 1. The molecule has 0 amide bonds. The highest BCUT2D eigenvalue weighted by molar-refractivity contribution is 7.92. The fourth-order valence-corrected chi connectivity index (χ4v) is 3.54. The van der Waals surface area contributed by atoms with Crippen LogP contribution in [-0.4, -0.2) is 26.5 Å². The highest BCUT2D eigenvalue weighted by Crippen LogP contribution is 2.30. The Morgan fingerprint density at radius 3 is 2.32 bits per heavy atom. The first kappa shape index (κ1) is 19.6. The zero-order chi connectivity index (χ0) is 20.5. The largest absolute Gasteiger partial charge is 0.464 e. The van der Waals surface area contributed by atoms with Gasteiger partial charge >= 0.3 is 12.1 Å². The lowest BCUT2D eigenvalue weighted by Gasteiger charge is -2.12. The number of hydrogen-bond acceptors (Lipinski definition) is 5. The lowest BCUT2D eigenvalue weighted by atomic mass is 10.2. The zero-order valence-electron chi connectivity index (χ0n) is 14.3. The molecule has 1 aromatic heterocycles. The molecular weight excluding hydrogens is 397 g/mol. The summed E-state index contributed by atoms with van der Waals surface area (Å²) in [5.41, 5.74) is -0.707. The molecule has 1 heterocycles. The number of benzene rings is 2. The van der Waals surface area contributed by atoms with Gasteiger partial charge in [-0.1, -0.05) is 18.2 Å². The number of sulfonamides is 1. The number of rotatable bonds is 4. The van der Waals surface area contributed by atoms with E-state index in [4.69, 9.17) is 0 Å². The normalized spacial score (nSPS) is 12.0. The molecular formula is C18H13F3N2O4S. The fraction of sp³-hybridized carbons (Fsp3) is 0.111. The van der Waals surface area contributed by atoms with Gasteiger partial charge in [-0.25, -0.2) is 18.2 Å². The Kier molecular flexibility index (Phi) is 4.99. The van der Waals surface area contributed by atoms with Crippen LogP contribution in [0.5, 0.6) is 0 Å². The topological polar surface area (TPSA) is 85.4 Å². The van der Waals surface area contributed by atoms with E-state index in [0.717, 1.165) is 12.1 Å². The quantitative estimate of drug-likeness (QED) is 0.661. The van der Waals surface area contributed by atoms with Crippen molar-refractivity contribution < 1.29 is 31.1 Å². The monoisotopic (exact) mass is 410 g/mol. The summed E-state index contributed by atoms with van der Waals surface area (Å²) in [5.74, 6) is -0.692. The number of esters is 1. The number of para-hydroxylation sites is 1. The van der Waals surface area contributed by atoms with Gasteiger partial charge in [0.05, 0.1) is 28.8 Å². The van der Waals surface area contributed by atoms with Crippen LogP contribution in [0, 0.1) is 0 Å². The third-order valence-corrected chi connectivity index (χ3v) is 5.23. The van der Waals surface area contributed by atoms with Crippen molar-refractivity contribution in [2.24, 2.45) is 0 Å². The number of fused-ring (bicyclic) bond motifs is 1. The van der Waals surface area contributed by atoms with Gasteiger partial charge in [0.2, 0.25) is 0 Å². The second-order valence-corrected chi connectivity index (χ2v) is 7.38. The molecule has 1 N–H and O–H groups in total. The third kappa shape index (κ3) is 3.91. The Bertz CT molecular complexity index is 1140. The van der Waals surface area contributed by atoms with Crippen molar-refractivity contribution in [1.29, 1.82) is 0 Å². The molecule has 3 aromatic rings. The van der Waals surface area contributed by atoms with Crippen LogP contribution in [0.15, 0.2) is 59.5 Å². The predicted octanol–water partition coefficient (Wildman–Crippen LogP) is 3.84. The zero-order valence-corrected chi connectivity index (χ0v) is 15.1. The standard InChI is InChI=1S/C18H13F3N2O4S/c1-27-17(24)15-10-5-11-3-2-4-14(16(11)22-15)23-28(25,26)13-8-6-12(7-9-13)18(19,20)21/h2-10,23H,1H3. The van der Waals surface area contributed by atoms with Gasteiger partial charge in [-0.05, 0) is 36.4 Å². The number of hydrogen-bond donors (Lipinski definition) is 1. The summed E-state index contributed by atoms with van der Waals surface area (Å²) in [6.45, 7) is 0. The molecule has 146 valence electrons. The maximum absolute atomic E-state index is 12.7. The van der Waals surface area contributed by atoms with Crippen LogP contribution < -0.4 is 4.72 Å². The SMILES string of the molecule is COC(=O)c1ccc2cccc(NS(=O)(=O)c3ccc(C(F)(F)F)cc3)c2n1. The molecule has 28 heavy (non-hydrogen) atoms. The fourth-order valence-electron chi connectivity index (χ4n) is 2.47. The lowest BCUT2D eigenvalue weighted by Crippen LogP contribution is -2.14. The predicted molar refractivity (Wildman–Crippen MR) is 95.3 cm³/mol. The van der Waals surface area contributed by atoms with Crippen LogP contribution in [0.3, 0.4) is 0 Å². The average Bonchev–Trinajstić information content (AvgIpc) is 2.66. The number of ether oxygens (including phenoxy) is 1. The molecule has 0 spiro atoms. The van der Waals surface area contributed by atoms with Gasteiger partial charge in [0.15, 0.2) is 0 Å². The molecule has 2 aromatic carbocycles. The molecule has 0 bridgehead atoms. The Hall–Kier alpha value is -3.14. The molecule has 0 aliphatic heterocycles. The Labute approximate surface area is 158 Å². The first-order valence-corrected chi connectivity index (χ1v) is 9.28. The minimum Gasteiger partial charge on any atom is -0.464 e. The van der Waals surface area contributed by atoms with E-state index in [1.165, 1.54) is 19.2 Å². The molecule has 3 rings (SSSR count). The van der Waals surface area contributed by atoms with Crippen LogP contribution in [-0.2, 0) is 20.9 Å². The second-order valence-electron chi connectivity index (χ2n) is 5.69. The van der Waals surface area contributed by atoms with Crippen molar-refractivity contribution in [2.75, 3.05) is 11.8 Å². The first-order valence-electron chi connectivity index (χ1n) is 7.80. The maximum atomic E-state index is 12.7. The third-order valence-electron chi connectivity index (χ3n) is 3.85. The Balaban J connectivity index is 2.00. The van der Waals surface area contributed by atoms with Gasteiger partial charge in [-0.2, -0.15) is 13.2 Å². The number of carbonyl (C=O) groups excluding carboxylic acids is 1. The van der Waals surface area contributed by atoms with E-state index in [1.54, 1.807) is 18.2 Å². The van der Waals surface area contributed by atoms with E-state index in [2.05, 4.69) is 14.4 Å². The van der Waals surface area contributed by atoms with Crippen LogP contribution in [0.1, 0.15) is 16.1 Å². The van der Waals surface area contributed by atoms with Gasteiger partial charge in [0.1, 0.15) is 5.69 Å². The van der Waals surface area contributed by atoms with Gasteiger partial charge in [-0.3, -0.25) is 4.72 Å². The number of nitrogens with zero attached hydrogens (tertiary/aromatic N) is 1. The van der Waals surface area contributed by atoms with Crippen molar-refractivity contribution >= 4 is 32.6 Å². The van der Waals surface area contributed by atoms with E-state index >= 15 is 0 Å². The molecule has 0 fully saturated rings. The van der Waals surface area contributed by atoms with Crippen molar-refractivity contribution in [1.82, 2.24) is 4.98 Å². The number of nitrogens with one attached hydrogen (secondary N) is 1. The van der Waals surface area contributed by atoms with Crippen molar-refractivity contribution in [3.63, 3.8) is 0 Å². The van der Waals surface area contributed by atoms with E-state index < -0.39 is 27.7 Å². The smallest absolute Gasteiger partial charge is 0.416 e. The molecule has 0 atom stereocenters. The van der Waals surface area contributed by atoms with Crippen LogP contribution in [0.4, 0.5) is 18.9 Å². The van der Waals surface area contributed by atoms with Gasteiger partial charge in [-0.15, -0.1) is 0 Å². The summed E-state index contributed by atoms with van der Waals surface area (Å²) in [5, 5.41) is 0.556. The lowest BCUT2D eigenvalue weighted by molar-refractivity contribution is -0.137. The molecule has 0 saturated carbocycles. The first-order chi connectivity index (χ1) is 13.1. The number of alkyl halides is 3. The molecule has 10 heteroatoms. The Morgan fingerprint density at radius 2 is 1.71 bits per heavy atom. The summed E-state index contributed by atoms with van der Waals surface area (Å²) in [6, 6.07) is 10.8. The van der Waals surface area contributed by atoms with Crippen molar-refractivity contribution in [2.45, 2.75) is 11.1 Å².